The van der Waals surface area contributed by atoms with Crippen LogP contribution in [-0.4, -0.2) is 26.2 Å². The number of hydrogen-bond donors (Lipinski definition) is 1. The summed E-state index contributed by atoms with van der Waals surface area (Å²) in [4.78, 5) is 2.40. The Morgan fingerprint density at radius 1 is 1.26 bits per heavy atom. The molecule has 1 fully saturated rings. The number of aryl methyl sites for hydroxylation is 1. The van der Waals surface area contributed by atoms with Crippen molar-refractivity contribution >= 4 is 18.1 Å². The van der Waals surface area contributed by atoms with Gasteiger partial charge in [-0.1, -0.05) is 6.07 Å². The fourth-order valence-electron chi connectivity index (χ4n) is 3.19. The van der Waals surface area contributed by atoms with Gasteiger partial charge in [0, 0.05) is 18.8 Å². The second kappa shape index (κ2) is 6.58. The van der Waals surface area contributed by atoms with Gasteiger partial charge in [-0.25, -0.2) is 4.39 Å². The Bertz CT molecular complexity index is 419. The van der Waals surface area contributed by atoms with E-state index < -0.39 is 0 Å². The van der Waals surface area contributed by atoms with Gasteiger partial charge >= 0.3 is 0 Å². The fraction of sp³-hybridized carbons (Fsp3) is 0.600. The Morgan fingerprint density at radius 3 is 2.84 bits per heavy atom. The first-order valence-corrected chi connectivity index (χ1v) is 7.07. The highest BCUT2D eigenvalue weighted by Crippen LogP contribution is 2.29. The molecule has 106 valence electrons. The summed E-state index contributed by atoms with van der Waals surface area (Å²) in [6, 6.07) is 5.27. The van der Waals surface area contributed by atoms with Gasteiger partial charge in [-0.05, 0) is 62.4 Å². The molecule has 0 radical (unpaired) electrons. The van der Waals surface area contributed by atoms with E-state index in [4.69, 9.17) is 0 Å². The molecule has 4 heteroatoms. The number of rotatable bonds is 2. The van der Waals surface area contributed by atoms with Gasteiger partial charge in [-0.15, -0.1) is 12.4 Å². The number of piperidine rings is 1. The van der Waals surface area contributed by atoms with E-state index in [1.54, 1.807) is 12.1 Å². The molecule has 0 saturated carbocycles. The Kier molecular flexibility index (Phi) is 5.06. The molecular weight excluding hydrogens is 263 g/mol. The Morgan fingerprint density at radius 2 is 2.05 bits per heavy atom. The topological polar surface area (TPSA) is 15.3 Å². The number of halogens is 2. The first-order chi connectivity index (χ1) is 8.83. The highest BCUT2D eigenvalue weighted by Gasteiger charge is 2.21. The molecule has 0 bridgehead atoms. The molecule has 19 heavy (non-hydrogen) atoms. The van der Waals surface area contributed by atoms with Crippen LogP contribution >= 0.6 is 12.4 Å². The van der Waals surface area contributed by atoms with Crippen molar-refractivity contribution < 1.29 is 4.39 Å². The van der Waals surface area contributed by atoms with Crippen LogP contribution in [0.2, 0.25) is 0 Å². The standard InChI is InChI=1S/C15H21FN2.ClH/c16-14-4-3-13-2-1-9-18(15(13)10-14)11-12-5-7-17-8-6-12;/h3-4,10,12,17H,1-2,5-9,11H2;1H. The predicted molar refractivity (Wildman–Crippen MR) is 79.8 cm³/mol. The molecule has 1 aromatic carbocycles. The van der Waals surface area contributed by atoms with E-state index in [-0.39, 0.29) is 18.2 Å². The largest absolute Gasteiger partial charge is 0.371 e. The molecular formula is C15H22ClFN2. The van der Waals surface area contributed by atoms with E-state index in [1.807, 2.05) is 6.07 Å². The zero-order chi connectivity index (χ0) is 12.4. The van der Waals surface area contributed by atoms with Crippen LogP contribution in [0.25, 0.3) is 0 Å². The van der Waals surface area contributed by atoms with Crippen LogP contribution in [0.3, 0.4) is 0 Å². The lowest BCUT2D eigenvalue weighted by atomic mass is 9.95. The molecule has 0 unspecified atom stereocenters. The normalized spacial score (nSPS) is 19.7. The van der Waals surface area contributed by atoms with Gasteiger partial charge in [0.15, 0.2) is 0 Å². The SMILES string of the molecule is Cl.Fc1ccc2c(c1)N(CC1CCNCC1)CCC2. The summed E-state index contributed by atoms with van der Waals surface area (Å²) in [7, 11) is 0. The van der Waals surface area contributed by atoms with Gasteiger partial charge in [0.25, 0.3) is 0 Å². The number of nitrogens with zero attached hydrogens (tertiary/aromatic N) is 1. The Hall–Kier alpha value is -0.800. The maximum Gasteiger partial charge on any atom is 0.125 e. The quantitative estimate of drug-likeness (QED) is 0.898. The molecule has 0 aromatic heterocycles. The smallest absolute Gasteiger partial charge is 0.125 e. The number of benzene rings is 1. The lowest BCUT2D eigenvalue weighted by Gasteiger charge is -2.35. The van der Waals surface area contributed by atoms with Crippen molar-refractivity contribution in [1.82, 2.24) is 5.32 Å². The average molecular weight is 285 g/mol. The monoisotopic (exact) mass is 284 g/mol. The van der Waals surface area contributed by atoms with Crippen LogP contribution in [0.5, 0.6) is 0 Å². The zero-order valence-electron chi connectivity index (χ0n) is 11.2. The van der Waals surface area contributed by atoms with Gasteiger partial charge in [0.2, 0.25) is 0 Å². The second-order valence-corrected chi connectivity index (χ2v) is 5.52. The average Bonchev–Trinajstić information content (AvgIpc) is 2.41. The van der Waals surface area contributed by atoms with E-state index in [0.29, 0.717) is 0 Å². The van der Waals surface area contributed by atoms with Crippen molar-refractivity contribution in [3.8, 4) is 0 Å². The minimum absolute atomic E-state index is 0. The third-order valence-electron chi connectivity index (χ3n) is 4.20. The van der Waals surface area contributed by atoms with Gasteiger partial charge in [-0.2, -0.15) is 0 Å². The Labute approximate surface area is 120 Å². The van der Waals surface area contributed by atoms with Crippen LogP contribution in [0.15, 0.2) is 18.2 Å². The summed E-state index contributed by atoms with van der Waals surface area (Å²) in [5, 5.41) is 3.40. The Balaban J connectivity index is 0.00000133. The highest BCUT2D eigenvalue weighted by molar-refractivity contribution is 5.85. The molecule has 2 aliphatic heterocycles. The van der Waals surface area contributed by atoms with Crippen LogP contribution in [0.1, 0.15) is 24.8 Å². The molecule has 1 saturated heterocycles. The number of anilines is 1. The zero-order valence-corrected chi connectivity index (χ0v) is 12.0. The minimum atomic E-state index is -0.106. The van der Waals surface area contributed by atoms with Gasteiger partial charge in [0.1, 0.15) is 5.82 Å². The molecule has 1 N–H and O–H groups in total. The molecule has 0 amide bonds. The van der Waals surface area contributed by atoms with Crippen molar-refractivity contribution in [2.45, 2.75) is 25.7 Å². The van der Waals surface area contributed by atoms with Crippen molar-refractivity contribution in [3.05, 3.63) is 29.6 Å². The fourth-order valence-corrected chi connectivity index (χ4v) is 3.19. The van der Waals surface area contributed by atoms with Crippen molar-refractivity contribution in [3.63, 3.8) is 0 Å². The predicted octanol–water partition coefficient (Wildman–Crippen LogP) is 3.00. The molecule has 0 atom stereocenters. The molecule has 2 heterocycles. The summed E-state index contributed by atoms with van der Waals surface area (Å²) < 4.78 is 13.4. The molecule has 2 nitrogen and oxygen atoms in total. The maximum atomic E-state index is 13.4. The first-order valence-electron chi connectivity index (χ1n) is 7.07. The van der Waals surface area contributed by atoms with Crippen molar-refractivity contribution in [1.29, 1.82) is 0 Å². The highest BCUT2D eigenvalue weighted by atomic mass is 35.5. The van der Waals surface area contributed by atoms with Crippen molar-refractivity contribution in [2.24, 2.45) is 5.92 Å². The van der Waals surface area contributed by atoms with E-state index in [9.17, 15) is 4.39 Å². The lowest BCUT2D eigenvalue weighted by molar-refractivity contribution is 0.371. The van der Waals surface area contributed by atoms with Crippen LogP contribution in [0, 0.1) is 11.7 Å². The van der Waals surface area contributed by atoms with Crippen molar-refractivity contribution in [2.75, 3.05) is 31.1 Å². The maximum absolute atomic E-state index is 13.4. The van der Waals surface area contributed by atoms with E-state index >= 15 is 0 Å². The van der Waals surface area contributed by atoms with Gasteiger partial charge in [-0.3, -0.25) is 0 Å². The molecule has 2 aliphatic rings. The lowest BCUT2D eigenvalue weighted by Crippen LogP contribution is -2.38. The third-order valence-corrected chi connectivity index (χ3v) is 4.20. The summed E-state index contributed by atoms with van der Waals surface area (Å²) >= 11 is 0. The minimum Gasteiger partial charge on any atom is -0.371 e. The van der Waals surface area contributed by atoms with Gasteiger partial charge < -0.3 is 10.2 Å². The first kappa shape index (κ1) is 14.6. The van der Waals surface area contributed by atoms with Crippen LogP contribution in [-0.2, 0) is 6.42 Å². The summed E-state index contributed by atoms with van der Waals surface area (Å²) in [5.41, 5.74) is 2.45. The van der Waals surface area contributed by atoms with E-state index in [1.165, 1.54) is 24.8 Å². The third kappa shape index (κ3) is 3.40. The second-order valence-electron chi connectivity index (χ2n) is 5.52. The van der Waals surface area contributed by atoms with Crippen LogP contribution < -0.4 is 10.2 Å². The summed E-state index contributed by atoms with van der Waals surface area (Å²) in [6.45, 7) is 4.45. The summed E-state index contributed by atoms with van der Waals surface area (Å²) in [6.07, 6.45) is 4.80. The van der Waals surface area contributed by atoms with E-state index in [0.717, 1.165) is 44.2 Å². The molecule has 1 aromatic rings. The summed E-state index contributed by atoms with van der Waals surface area (Å²) in [5.74, 6) is 0.659. The molecule has 0 spiro atoms. The molecule has 3 rings (SSSR count). The number of hydrogen-bond acceptors (Lipinski definition) is 2. The van der Waals surface area contributed by atoms with Crippen LogP contribution in [0.4, 0.5) is 10.1 Å². The van der Waals surface area contributed by atoms with Gasteiger partial charge in [0.05, 0.1) is 0 Å². The van der Waals surface area contributed by atoms with E-state index in [2.05, 4.69) is 10.2 Å². The molecule has 0 aliphatic carbocycles. The number of nitrogens with one attached hydrogen (secondary N) is 1. The number of fused-ring (bicyclic) bond motifs is 1.